The summed E-state index contributed by atoms with van der Waals surface area (Å²) < 4.78 is 20.5. The van der Waals surface area contributed by atoms with Gasteiger partial charge in [-0.15, -0.1) is 0 Å². The molecule has 0 aromatic heterocycles. The van der Waals surface area contributed by atoms with E-state index in [-0.39, 0.29) is 21.0 Å². The molecule has 0 radical (unpaired) electrons. The highest BCUT2D eigenvalue weighted by Gasteiger charge is 2.50. The summed E-state index contributed by atoms with van der Waals surface area (Å²) in [6.07, 6.45) is 0.770. The van der Waals surface area contributed by atoms with E-state index >= 15 is 0 Å². The van der Waals surface area contributed by atoms with Gasteiger partial charge in [0.1, 0.15) is 11.5 Å². The van der Waals surface area contributed by atoms with Crippen LogP contribution in [0.4, 0.5) is 0 Å². The van der Waals surface area contributed by atoms with Crippen LogP contribution in [0.3, 0.4) is 0 Å². The van der Waals surface area contributed by atoms with Gasteiger partial charge in [-0.3, -0.25) is 0 Å². The van der Waals surface area contributed by atoms with E-state index in [2.05, 4.69) is 210 Å². The molecule has 6 heteroatoms. The molecule has 0 saturated heterocycles. The number of benzene rings is 4. The van der Waals surface area contributed by atoms with Gasteiger partial charge in [0.15, 0.2) is 0 Å². The van der Waals surface area contributed by atoms with Crippen molar-refractivity contribution in [2.24, 2.45) is 0 Å². The monoisotopic (exact) mass is 734 g/mol. The van der Waals surface area contributed by atoms with Gasteiger partial charge in [0.2, 0.25) is 16.6 Å². The molecule has 0 bridgehead atoms. The Morgan fingerprint density at radius 3 is 1.33 bits per heavy atom. The van der Waals surface area contributed by atoms with Crippen LogP contribution in [0.15, 0.2) is 109 Å². The third kappa shape index (κ3) is 9.75. The lowest BCUT2D eigenvalue weighted by Crippen LogP contribution is -2.66. The van der Waals surface area contributed by atoms with Crippen LogP contribution in [0.25, 0.3) is 0 Å². The molecule has 0 unspecified atom stereocenters. The summed E-state index contributed by atoms with van der Waals surface area (Å²) in [5, 5.41) is 2.76. The van der Waals surface area contributed by atoms with Crippen LogP contribution >= 0.6 is 0 Å². The van der Waals surface area contributed by atoms with E-state index in [1.807, 2.05) is 0 Å². The predicted octanol–water partition coefficient (Wildman–Crippen LogP) is 11.6. The molecule has 0 fully saturated rings. The van der Waals surface area contributed by atoms with Crippen LogP contribution in [0, 0.1) is 11.8 Å². The summed E-state index contributed by atoms with van der Waals surface area (Å²) in [5.41, 5.74) is 2.15. The molecule has 4 aromatic rings. The lowest BCUT2D eigenvalue weighted by Gasteiger charge is -2.43. The van der Waals surface area contributed by atoms with Crippen LogP contribution in [0.1, 0.15) is 85.8 Å². The Hall–Kier alpha value is -3.35. The van der Waals surface area contributed by atoms with Crippen molar-refractivity contribution in [3.05, 3.63) is 120 Å². The molecule has 0 aliphatic heterocycles. The molecule has 0 heterocycles. The summed E-state index contributed by atoms with van der Waals surface area (Å²) in [7, 11) is -6.55. The van der Waals surface area contributed by atoms with Gasteiger partial charge in [0.05, 0.1) is 0 Å². The second-order valence-electron chi connectivity index (χ2n) is 17.9. The third-order valence-corrected chi connectivity index (χ3v) is 24.8. The molecule has 3 nitrogen and oxygen atoms in total. The van der Waals surface area contributed by atoms with Crippen molar-refractivity contribution >= 4 is 35.3 Å². The Morgan fingerprint density at radius 2 is 0.941 bits per heavy atom. The minimum atomic E-state index is -2.67. The van der Waals surface area contributed by atoms with Gasteiger partial charge < -0.3 is 13.3 Å². The summed E-state index contributed by atoms with van der Waals surface area (Å²) in [5.74, 6) is 9.00. The largest absolute Gasteiger partial charge is 0.544 e. The van der Waals surface area contributed by atoms with Crippen molar-refractivity contribution in [3.63, 3.8) is 0 Å². The highest BCUT2D eigenvalue weighted by Crippen LogP contribution is 2.40. The van der Waals surface area contributed by atoms with Gasteiger partial charge in [0.25, 0.3) is 8.32 Å². The van der Waals surface area contributed by atoms with E-state index in [1.165, 1.54) is 15.9 Å². The fraction of sp³-hybridized carbons (Fsp3) is 0.422. The first-order chi connectivity index (χ1) is 23.7. The van der Waals surface area contributed by atoms with E-state index in [1.54, 1.807) is 0 Å². The molecule has 0 aliphatic rings. The molecule has 0 amide bonds. The zero-order valence-corrected chi connectivity index (χ0v) is 36.6. The molecular formula is C45H62O3Si3. The van der Waals surface area contributed by atoms with E-state index in [4.69, 9.17) is 13.3 Å². The second-order valence-corrected chi connectivity index (χ2v) is 31.7. The normalized spacial score (nSPS) is 13.6. The van der Waals surface area contributed by atoms with E-state index in [0.29, 0.717) is 6.61 Å². The zero-order chi connectivity index (χ0) is 37.7. The predicted molar refractivity (Wildman–Crippen MR) is 226 cm³/mol. The van der Waals surface area contributed by atoms with Gasteiger partial charge in [-0.25, -0.2) is 0 Å². The highest BCUT2D eigenvalue weighted by atomic mass is 28.4. The van der Waals surface area contributed by atoms with Crippen LogP contribution in [-0.2, 0) is 4.43 Å². The fourth-order valence-corrected chi connectivity index (χ4v) is 12.5. The number of hydrogen-bond acceptors (Lipinski definition) is 3. The average Bonchev–Trinajstić information content (AvgIpc) is 3.04. The highest BCUT2D eigenvalue weighted by molar-refractivity contribution is 6.99. The molecule has 272 valence electrons. The lowest BCUT2D eigenvalue weighted by atomic mass is 9.96. The van der Waals surface area contributed by atoms with Crippen LogP contribution in [-0.4, -0.2) is 31.6 Å². The fourth-order valence-electron chi connectivity index (χ4n) is 5.85. The Morgan fingerprint density at radius 1 is 0.529 bits per heavy atom. The van der Waals surface area contributed by atoms with Crippen molar-refractivity contribution in [2.45, 2.75) is 116 Å². The molecule has 51 heavy (non-hydrogen) atoms. The maximum atomic E-state index is 7.33. The second kappa shape index (κ2) is 15.7. The van der Waals surface area contributed by atoms with Crippen LogP contribution < -0.4 is 19.2 Å². The summed E-state index contributed by atoms with van der Waals surface area (Å²) in [6.45, 7) is 30.3. The van der Waals surface area contributed by atoms with Crippen molar-refractivity contribution in [1.82, 2.24) is 0 Å². The molecule has 4 rings (SSSR count). The molecule has 4 aromatic carbocycles. The number of hydrogen-bond donors (Lipinski definition) is 0. The SMILES string of the molecule is CC(C)(C)[Si](C)(C)Oc1ccc(C#C[C@H](CCO[Si](c2ccccc2)(c2ccccc2)C(C)(C)C)c2ccc(O[Si](C)(C)C(C)(C)C)cc2)cc1. The maximum absolute atomic E-state index is 7.33. The van der Waals surface area contributed by atoms with Crippen molar-refractivity contribution < 1.29 is 13.3 Å². The van der Waals surface area contributed by atoms with E-state index in [0.717, 1.165) is 23.5 Å². The lowest BCUT2D eigenvalue weighted by molar-refractivity contribution is 0.288. The minimum Gasteiger partial charge on any atom is -0.544 e. The third-order valence-electron chi connectivity index (χ3n) is 11.0. The molecule has 1 atom stereocenters. The Kier molecular flexibility index (Phi) is 12.5. The molecule has 0 saturated carbocycles. The van der Waals surface area contributed by atoms with Gasteiger partial charge in [-0.2, -0.15) is 0 Å². The number of rotatable bonds is 11. The Labute approximate surface area is 313 Å². The van der Waals surface area contributed by atoms with Gasteiger partial charge in [-0.05, 0) is 100 Å². The van der Waals surface area contributed by atoms with E-state index in [9.17, 15) is 0 Å². The first-order valence-electron chi connectivity index (χ1n) is 18.5. The maximum Gasteiger partial charge on any atom is 0.261 e. The molecule has 0 spiro atoms. The molecule has 0 aliphatic carbocycles. The minimum absolute atomic E-state index is 0.0201. The van der Waals surface area contributed by atoms with Gasteiger partial charge >= 0.3 is 0 Å². The van der Waals surface area contributed by atoms with Crippen LogP contribution in [0.5, 0.6) is 11.5 Å². The van der Waals surface area contributed by atoms with Crippen molar-refractivity contribution in [3.8, 4) is 23.3 Å². The smallest absolute Gasteiger partial charge is 0.261 e. The standard InChI is InChI=1S/C45H62O3Si3/c1-43(2,3)49(10,11)47-39-30-25-36(26-31-39)24-27-38(37-28-32-40(33-29-37)48-50(12,13)44(4,5)6)34-35-46-51(45(7,8)9,41-20-16-14-17-21-41)42-22-18-15-19-23-42/h14-23,25-26,28-33,38H,34-35H2,1-13H3/t38-/m1/s1. The van der Waals surface area contributed by atoms with E-state index < -0.39 is 25.0 Å². The summed E-state index contributed by atoms with van der Waals surface area (Å²) >= 11 is 0. The van der Waals surface area contributed by atoms with Crippen LogP contribution in [0.2, 0.25) is 41.3 Å². The summed E-state index contributed by atoms with van der Waals surface area (Å²) in [4.78, 5) is 0. The Balaban J connectivity index is 1.67. The first-order valence-corrected chi connectivity index (χ1v) is 26.2. The van der Waals surface area contributed by atoms with Crippen molar-refractivity contribution in [2.75, 3.05) is 6.61 Å². The topological polar surface area (TPSA) is 27.7 Å². The average molecular weight is 735 g/mol. The van der Waals surface area contributed by atoms with Crippen molar-refractivity contribution in [1.29, 1.82) is 0 Å². The quantitative estimate of drug-likeness (QED) is 0.113. The van der Waals surface area contributed by atoms with Gasteiger partial charge in [0, 0.05) is 18.1 Å². The van der Waals surface area contributed by atoms with Gasteiger partial charge in [-0.1, -0.05) is 147 Å². The molecular weight excluding hydrogens is 673 g/mol. The zero-order valence-electron chi connectivity index (χ0n) is 33.6. The summed E-state index contributed by atoms with van der Waals surface area (Å²) in [6, 6.07) is 38.7. The molecule has 0 N–H and O–H groups in total. The Bertz CT molecular complexity index is 1710. The first kappa shape index (κ1) is 40.4.